The van der Waals surface area contributed by atoms with Crippen molar-refractivity contribution in [2.45, 2.75) is 19.1 Å². The summed E-state index contributed by atoms with van der Waals surface area (Å²) in [4.78, 5) is 12.4. The highest BCUT2D eigenvalue weighted by molar-refractivity contribution is 8.00. The fourth-order valence-corrected chi connectivity index (χ4v) is 4.56. The molecular weight excluding hydrogens is 393 g/mol. The number of fused-ring (bicyclic) bond motifs is 1. The molecule has 0 saturated heterocycles. The molecule has 1 aliphatic heterocycles. The number of hydrogen-bond acceptors (Lipinski definition) is 5. The summed E-state index contributed by atoms with van der Waals surface area (Å²) < 4.78 is 20.5. The van der Waals surface area contributed by atoms with Gasteiger partial charge in [0.1, 0.15) is 11.6 Å². The van der Waals surface area contributed by atoms with Crippen molar-refractivity contribution in [1.82, 2.24) is 9.78 Å². The van der Waals surface area contributed by atoms with Crippen LogP contribution in [0.4, 0.5) is 10.2 Å². The molecule has 0 fully saturated rings. The molecule has 0 aliphatic carbocycles. The van der Waals surface area contributed by atoms with Gasteiger partial charge in [0.2, 0.25) is 5.91 Å². The summed E-state index contributed by atoms with van der Waals surface area (Å²) in [6.07, 6.45) is 0. The predicted molar refractivity (Wildman–Crippen MR) is 110 cm³/mol. The molecule has 8 heteroatoms. The first-order chi connectivity index (χ1) is 14.0. The second kappa shape index (κ2) is 7.79. The van der Waals surface area contributed by atoms with E-state index in [1.165, 1.54) is 23.9 Å². The molecule has 150 valence electrons. The largest absolute Gasteiger partial charge is 0.504 e. The lowest BCUT2D eigenvalue weighted by atomic mass is 10.0. The Kier molecular flexibility index (Phi) is 5.19. The number of halogens is 1. The molecule has 1 amide bonds. The summed E-state index contributed by atoms with van der Waals surface area (Å²) in [5, 5.41) is 17.4. The van der Waals surface area contributed by atoms with Crippen LogP contribution >= 0.6 is 11.8 Å². The zero-order chi connectivity index (χ0) is 20.5. The van der Waals surface area contributed by atoms with Gasteiger partial charge in [0.05, 0.1) is 29.0 Å². The summed E-state index contributed by atoms with van der Waals surface area (Å²) >= 11 is 1.48. The number of phenols is 1. The van der Waals surface area contributed by atoms with Crippen molar-refractivity contribution in [2.75, 3.05) is 17.7 Å². The molecule has 1 atom stereocenters. The van der Waals surface area contributed by atoms with Gasteiger partial charge in [-0.15, -0.1) is 11.8 Å². The summed E-state index contributed by atoms with van der Waals surface area (Å²) in [5.41, 5.74) is 3.19. The number of phenolic OH excluding ortho intramolecular Hbond substituents is 1. The Hall–Kier alpha value is -3.00. The number of aryl methyl sites for hydroxylation is 1. The lowest BCUT2D eigenvalue weighted by molar-refractivity contribution is -0.113. The highest BCUT2D eigenvalue weighted by Gasteiger charge is 2.31. The lowest BCUT2D eigenvalue weighted by Crippen LogP contribution is -2.15. The van der Waals surface area contributed by atoms with Gasteiger partial charge in [-0.1, -0.05) is 6.07 Å². The third-order valence-corrected chi connectivity index (χ3v) is 5.94. The molecule has 29 heavy (non-hydrogen) atoms. The number of nitrogens with zero attached hydrogens (tertiary/aromatic N) is 2. The van der Waals surface area contributed by atoms with Crippen molar-refractivity contribution in [3.05, 3.63) is 65.1 Å². The molecule has 0 spiro atoms. The first-order valence-electron chi connectivity index (χ1n) is 9.20. The SMILES string of the molecule is CCOc1cc(C2SCC(=O)Nc3c2c(C)nn3-c2ccc(F)cc2)ccc1O. The summed E-state index contributed by atoms with van der Waals surface area (Å²) in [7, 11) is 0. The van der Waals surface area contributed by atoms with E-state index in [1.807, 2.05) is 19.9 Å². The van der Waals surface area contributed by atoms with Crippen LogP contribution in [0.2, 0.25) is 0 Å². The number of anilines is 1. The van der Waals surface area contributed by atoms with Crippen molar-refractivity contribution in [3.63, 3.8) is 0 Å². The van der Waals surface area contributed by atoms with Crippen LogP contribution < -0.4 is 10.1 Å². The van der Waals surface area contributed by atoms with Gasteiger partial charge in [0, 0.05) is 5.56 Å². The minimum atomic E-state index is -0.339. The lowest BCUT2D eigenvalue weighted by Gasteiger charge is -2.17. The number of aromatic nitrogens is 2. The Morgan fingerprint density at radius 2 is 2.07 bits per heavy atom. The molecule has 4 rings (SSSR count). The molecular formula is C21H20FN3O3S. The third-order valence-electron chi connectivity index (χ3n) is 4.67. The highest BCUT2D eigenvalue weighted by Crippen LogP contribution is 2.45. The Morgan fingerprint density at radius 3 is 2.79 bits per heavy atom. The van der Waals surface area contributed by atoms with Crippen molar-refractivity contribution < 1.29 is 19.0 Å². The first kappa shape index (κ1) is 19.3. The van der Waals surface area contributed by atoms with Crippen LogP contribution in [0.15, 0.2) is 42.5 Å². The molecule has 0 radical (unpaired) electrons. The van der Waals surface area contributed by atoms with Crippen LogP contribution in [0.3, 0.4) is 0 Å². The van der Waals surface area contributed by atoms with Gasteiger partial charge in [0.15, 0.2) is 11.5 Å². The molecule has 3 aromatic rings. The Balaban J connectivity index is 1.85. The Morgan fingerprint density at radius 1 is 1.31 bits per heavy atom. The monoisotopic (exact) mass is 413 g/mol. The van der Waals surface area contributed by atoms with E-state index in [2.05, 4.69) is 10.4 Å². The van der Waals surface area contributed by atoms with Gasteiger partial charge in [-0.3, -0.25) is 4.79 Å². The van der Waals surface area contributed by atoms with E-state index in [0.29, 0.717) is 23.9 Å². The van der Waals surface area contributed by atoms with Gasteiger partial charge < -0.3 is 15.2 Å². The number of benzene rings is 2. The van der Waals surface area contributed by atoms with Gasteiger partial charge in [-0.05, 0) is 55.8 Å². The second-order valence-corrected chi connectivity index (χ2v) is 7.73. The van der Waals surface area contributed by atoms with Crippen molar-refractivity contribution >= 4 is 23.5 Å². The molecule has 1 unspecified atom stereocenters. The number of carbonyl (C=O) groups excluding carboxylic acids is 1. The van der Waals surface area contributed by atoms with E-state index in [0.717, 1.165) is 16.8 Å². The van der Waals surface area contributed by atoms with Crippen LogP contribution in [0, 0.1) is 12.7 Å². The number of rotatable bonds is 4. The van der Waals surface area contributed by atoms with Gasteiger partial charge in [-0.2, -0.15) is 5.10 Å². The van der Waals surface area contributed by atoms with Gasteiger partial charge in [0.25, 0.3) is 0 Å². The fraction of sp³-hybridized carbons (Fsp3) is 0.238. The maximum Gasteiger partial charge on any atom is 0.235 e. The van der Waals surface area contributed by atoms with E-state index >= 15 is 0 Å². The second-order valence-electron chi connectivity index (χ2n) is 6.64. The predicted octanol–water partition coefficient (Wildman–Crippen LogP) is 4.20. The van der Waals surface area contributed by atoms with Crippen LogP contribution in [-0.2, 0) is 4.79 Å². The Bertz CT molecular complexity index is 1070. The zero-order valence-electron chi connectivity index (χ0n) is 16.0. The average Bonchev–Trinajstić information content (AvgIpc) is 2.90. The molecule has 0 saturated carbocycles. The van der Waals surface area contributed by atoms with Gasteiger partial charge >= 0.3 is 0 Å². The van der Waals surface area contributed by atoms with Crippen LogP contribution in [0.5, 0.6) is 11.5 Å². The number of hydrogen-bond donors (Lipinski definition) is 2. The number of carbonyl (C=O) groups is 1. The topological polar surface area (TPSA) is 76.4 Å². The summed E-state index contributed by atoms with van der Waals surface area (Å²) in [6.45, 7) is 4.17. The number of amides is 1. The normalized spacial score (nSPS) is 16.1. The van der Waals surface area contributed by atoms with Crippen LogP contribution in [0.25, 0.3) is 5.69 Å². The molecule has 6 nitrogen and oxygen atoms in total. The number of aromatic hydroxyl groups is 1. The quantitative estimate of drug-likeness (QED) is 0.671. The fourth-order valence-electron chi connectivity index (χ4n) is 3.38. The maximum atomic E-state index is 13.4. The van der Waals surface area contributed by atoms with Crippen molar-refractivity contribution in [1.29, 1.82) is 0 Å². The number of nitrogens with one attached hydrogen (secondary N) is 1. The Labute approximate surface area is 171 Å². The smallest absolute Gasteiger partial charge is 0.235 e. The van der Waals surface area contributed by atoms with Crippen LogP contribution in [0.1, 0.15) is 29.0 Å². The molecule has 2 N–H and O–H groups in total. The van der Waals surface area contributed by atoms with Crippen molar-refractivity contribution in [2.24, 2.45) is 0 Å². The van der Waals surface area contributed by atoms with Crippen LogP contribution in [-0.4, -0.2) is 33.2 Å². The van der Waals surface area contributed by atoms with E-state index in [1.54, 1.807) is 28.9 Å². The number of ether oxygens (including phenoxy) is 1. The van der Waals surface area contributed by atoms with E-state index < -0.39 is 0 Å². The standard InChI is InChI=1S/C21H20FN3O3S/c1-3-28-17-10-13(4-9-16(17)26)20-19-12(2)24-25(15-7-5-14(22)6-8-15)21(19)23-18(27)11-29-20/h4-10,20,26H,3,11H2,1-2H3,(H,23,27). The van der Waals surface area contributed by atoms with Crippen molar-refractivity contribution in [3.8, 4) is 17.2 Å². The molecule has 2 heterocycles. The minimum absolute atomic E-state index is 0.0716. The highest BCUT2D eigenvalue weighted by atomic mass is 32.2. The number of thioether (sulfide) groups is 1. The maximum absolute atomic E-state index is 13.4. The van der Waals surface area contributed by atoms with Gasteiger partial charge in [-0.25, -0.2) is 9.07 Å². The van der Waals surface area contributed by atoms with E-state index in [4.69, 9.17) is 4.74 Å². The molecule has 2 aromatic carbocycles. The average molecular weight is 413 g/mol. The minimum Gasteiger partial charge on any atom is -0.504 e. The van der Waals surface area contributed by atoms with E-state index in [-0.39, 0.29) is 28.5 Å². The summed E-state index contributed by atoms with van der Waals surface area (Å²) in [5.74, 6) is 0.842. The third kappa shape index (κ3) is 3.67. The molecule has 1 aromatic heterocycles. The zero-order valence-corrected chi connectivity index (χ0v) is 16.8. The van der Waals surface area contributed by atoms with E-state index in [9.17, 15) is 14.3 Å². The summed E-state index contributed by atoms with van der Waals surface area (Å²) in [6, 6.07) is 11.2. The first-order valence-corrected chi connectivity index (χ1v) is 10.3. The molecule has 0 bridgehead atoms. The molecule has 1 aliphatic rings.